The summed E-state index contributed by atoms with van der Waals surface area (Å²) in [5.41, 5.74) is 1.55. The Morgan fingerprint density at radius 1 is 1.10 bits per heavy atom. The van der Waals surface area contributed by atoms with Crippen molar-refractivity contribution in [3.05, 3.63) is 54.1 Å². The van der Waals surface area contributed by atoms with Crippen molar-refractivity contribution in [2.45, 2.75) is 12.2 Å². The second kappa shape index (κ2) is 11.7. The molecule has 0 bridgehead atoms. The van der Waals surface area contributed by atoms with Crippen LogP contribution in [0.3, 0.4) is 0 Å². The Labute approximate surface area is 182 Å². The Morgan fingerprint density at radius 3 is 2.47 bits per heavy atom. The van der Waals surface area contributed by atoms with Crippen LogP contribution in [0.2, 0.25) is 0 Å². The molecule has 7 nitrogen and oxygen atoms in total. The predicted molar refractivity (Wildman–Crippen MR) is 122 cm³/mol. The molecule has 0 aliphatic rings. The van der Waals surface area contributed by atoms with Gasteiger partial charge in [0, 0.05) is 18.4 Å². The zero-order valence-corrected chi connectivity index (χ0v) is 19.1. The first-order valence-electron chi connectivity index (χ1n) is 9.43. The molecule has 9 heteroatoms. The Bertz CT molecular complexity index is 920. The van der Waals surface area contributed by atoms with Gasteiger partial charge in [-0.05, 0) is 29.9 Å². The summed E-state index contributed by atoms with van der Waals surface area (Å²) in [4.78, 5) is 12.4. The summed E-state index contributed by atoms with van der Waals surface area (Å²) in [5.74, 6) is 2.29. The molecule has 0 radical (unpaired) electrons. The standard InChI is InChI=1S/C21H28N2O5S2/c1-27-18-10-11-19(20(14-18)28-2)23(30(3,25)26)15-21(24)22-12-7-13-29-16-17-8-5-4-6-9-17/h4-6,8-11,14H,7,12-13,15-16H2,1-3H3,(H,22,24). The van der Waals surface area contributed by atoms with Crippen LogP contribution in [0.25, 0.3) is 0 Å². The normalized spacial score (nSPS) is 11.0. The Balaban J connectivity index is 1.87. The Kier molecular flexibility index (Phi) is 9.32. The molecule has 0 aromatic heterocycles. The van der Waals surface area contributed by atoms with E-state index in [-0.39, 0.29) is 18.1 Å². The first-order valence-corrected chi connectivity index (χ1v) is 12.4. The first kappa shape index (κ1) is 23.9. The summed E-state index contributed by atoms with van der Waals surface area (Å²) in [6, 6.07) is 15.0. The smallest absolute Gasteiger partial charge is 0.240 e. The maximum Gasteiger partial charge on any atom is 0.240 e. The van der Waals surface area contributed by atoms with Gasteiger partial charge in [-0.15, -0.1) is 0 Å². The molecule has 30 heavy (non-hydrogen) atoms. The minimum absolute atomic E-state index is 0.286. The molecule has 164 valence electrons. The molecule has 0 saturated heterocycles. The van der Waals surface area contributed by atoms with Gasteiger partial charge in [0.05, 0.1) is 26.2 Å². The lowest BCUT2D eigenvalue weighted by Crippen LogP contribution is -2.40. The van der Waals surface area contributed by atoms with Crippen molar-refractivity contribution < 1.29 is 22.7 Å². The summed E-state index contributed by atoms with van der Waals surface area (Å²) >= 11 is 1.80. The van der Waals surface area contributed by atoms with Crippen LogP contribution in [-0.2, 0) is 20.6 Å². The number of hydrogen-bond donors (Lipinski definition) is 1. The van der Waals surface area contributed by atoms with E-state index in [0.717, 1.165) is 28.5 Å². The van der Waals surface area contributed by atoms with E-state index in [9.17, 15) is 13.2 Å². The number of methoxy groups -OCH3 is 2. The van der Waals surface area contributed by atoms with Gasteiger partial charge in [0.2, 0.25) is 15.9 Å². The zero-order valence-electron chi connectivity index (χ0n) is 17.5. The van der Waals surface area contributed by atoms with Gasteiger partial charge in [-0.1, -0.05) is 30.3 Å². The second-order valence-corrected chi connectivity index (χ2v) is 9.56. The van der Waals surface area contributed by atoms with E-state index >= 15 is 0 Å². The van der Waals surface area contributed by atoms with Gasteiger partial charge in [-0.25, -0.2) is 8.42 Å². The molecule has 0 saturated carbocycles. The van der Waals surface area contributed by atoms with Gasteiger partial charge in [-0.2, -0.15) is 11.8 Å². The predicted octanol–water partition coefficient (Wildman–Crippen LogP) is 2.91. The molecule has 0 unspecified atom stereocenters. The first-order chi connectivity index (χ1) is 14.3. The molecule has 0 spiro atoms. The number of hydrogen-bond acceptors (Lipinski definition) is 6. The van der Waals surface area contributed by atoms with Crippen molar-refractivity contribution in [2.75, 3.05) is 43.6 Å². The largest absolute Gasteiger partial charge is 0.497 e. The highest BCUT2D eigenvalue weighted by Gasteiger charge is 2.24. The number of sulfonamides is 1. The molecule has 0 heterocycles. The molecule has 1 N–H and O–H groups in total. The number of thioether (sulfide) groups is 1. The van der Waals surface area contributed by atoms with Crippen LogP contribution in [0, 0.1) is 0 Å². The van der Waals surface area contributed by atoms with Crippen LogP contribution in [0.1, 0.15) is 12.0 Å². The number of amides is 1. The number of carbonyl (C=O) groups is 1. The fourth-order valence-electron chi connectivity index (χ4n) is 2.72. The van der Waals surface area contributed by atoms with Crippen molar-refractivity contribution in [1.82, 2.24) is 5.32 Å². The summed E-state index contributed by atoms with van der Waals surface area (Å²) < 4.78 is 36.1. The van der Waals surface area contributed by atoms with Crippen molar-refractivity contribution in [3.8, 4) is 11.5 Å². The lowest BCUT2D eigenvalue weighted by molar-refractivity contribution is -0.119. The van der Waals surface area contributed by atoms with Gasteiger partial charge < -0.3 is 14.8 Å². The number of nitrogens with one attached hydrogen (secondary N) is 1. The minimum atomic E-state index is -3.69. The summed E-state index contributed by atoms with van der Waals surface area (Å²) in [6.45, 7) is 0.163. The average Bonchev–Trinajstić information content (AvgIpc) is 2.74. The highest BCUT2D eigenvalue weighted by molar-refractivity contribution is 7.98. The van der Waals surface area contributed by atoms with Crippen molar-refractivity contribution in [3.63, 3.8) is 0 Å². The van der Waals surface area contributed by atoms with E-state index in [4.69, 9.17) is 9.47 Å². The van der Waals surface area contributed by atoms with E-state index in [1.807, 2.05) is 18.2 Å². The van der Waals surface area contributed by atoms with E-state index in [0.29, 0.717) is 18.0 Å². The molecular formula is C21H28N2O5S2. The molecule has 0 atom stereocenters. The van der Waals surface area contributed by atoms with Crippen molar-refractivity contribution >= 4 is 33.4 Å². The summed E-state index contributed by atoms with van der Waals surface area (Å²) in [7, 11) is -0.743. The van der Waals surface area contributed by atoms with E-state index in [2.05, 4.69) is 17.4 Å². The van der Waals surface area contributed by atoms with E-state index < -0.39 is 10.0 Å². The quantitative estimate of drug-likeness (QED) is 0.499. The Morgan fingerprint density at radius 2 is 1.83 bits per heavy atom. The molecule has 0 fully saturated rings. The van der Waals surface area contributed by atoms with Crippen LogP contribution in [0.4, 0.5) is 5.69 Å². The third-order valence-corrected chi connectivity index (χ3v) is 6.48. The van der Waals surface area contributed by atoms with Crippen LogP contribution in [0.15, 0.2) is 48.5 Å². The van der Waals surface area contributed by atoms with Gasteiger partial charge in [0.1, 0.15) is 18.0 Å². The van der Waals surface area contributed by atoms with Crippen LogP contribution < -0.4 is 19.1 Å². The second-order valence-electron chi connectivity index (χ2n) is 6.55. The fourth-order valence-corrected chi connectivity index (χ4v) is 4.51. The number of nitrogens with zero attached hydrogens (tertiary/aromatic N) is 1. The average molecular weight is 453 g/mol. The molecule has 0 aliphatic heterocycles. The highest BCUT2D eigenvalue weighted by atomic mass is 32.2. The molecule has 2 aromatic carbocycles. The maximum absolute atomic E-state index is 12.4. The monoisotopic (exact) mass is 452 g/mol. The number of carbonyl (C=O) groups excluding carboxylic acids is 1. The van der Waals surface area contributed by atoms with Crippen LogP contribution in [0.5, 0.6) is 11.5 Å². The highest BCUT2D eigenvalue weighted by Crippen LogP contribution is 2.33. The molecule has 2 aromatic rings. The van der Waals surface area contributed by atoms with Crippen LogP contribution >= 0.6 is 11.8 Å². The third kappa shape index (κ3) is 7.46. The molecule has 1 amide bonds. The number of ether oxygens (including phenoxy) is 2. The van der Waals surface area contributed by atoms with E-state index in [1.54, 1.807) is 30.0 Å². The van der Waals surface area contributed by atoms with Gasteiger partial charge in [0.25, 0.3) is 0 Å². The summed E-state index contributed by atoms with van der Waals surface area (Å²) in [6.07, 6.45) is 1.86. The number of rotatable bonds is 12. The Hall–Kier alpha value is -2.39. The van der Waals surface area contributed by atoms with Gasteiger partial charge in [-0.3, -0.25) is 9.10 Å². The van der Waals surface area contributed by atoms with E-state index in [1.165, 1.54) is 19.8 Å². The van der Waals surface area contributed by atoms with Crippen molar-refractivity contribution in [1.29, 1.82) is 0 Å². The number of benzene rings is 2. The van der Waals surface area contributed by atoms with Crippen molar-refractivity contribution in [2.24, 2.45) is 0 Å². The molecular weight excluding hydrogens is 424 g/mol. The summed E-state index contributed by atoms with van der Waals surface area (Å²) in [5, 5.41) is 2.79. The molecule has 0 aliphatic carbocycles. The lowest BCUT2D eigenvalue weighted by Gasteiger charge is -2.24. The lowest BCUT2D eigenvalue weighted by atomic mass is 10.2. The van der Waals surface area contributed by atoms with Crippen LogP contribution in [-0.4, -0.2) is 53.6 Å². The number of anilines is 1. The minimum Gasteiger partial charge on any atom is -0.497 e. The fraction of sp³-hybridized carbons (Fsp3) is 0.381. The topological polar surface area (TPSA) is 84.9 Å². The van der Waals surface area contributed by atoms with Gasteiger partial charge >= 0.3 is 0 Å². The third-order valence-electron chi connectivity index (χ3n) is 4.24. The maximum atomic E-state index is 12.4. The van der Waals surface area contributed by atoms with Gasteiger partial charge in [0.15, 0.2) is 0 Å². The molecule has 2 rings (SSSR count). The SMILES string of the molecule is COc1ccc(N(CC(=O)NCCCSCc2ccccc2)S(C)(=O)=O)c(OC)c1. The zero-order chi connectivity index (χ0) is 22.0.